The van der Waals surface area contributed by atoms with Gasteiger partial charge >= 0.3 is 0 Å². The number of hydrogen-bond acceptors (Lipinski definition) is 6. The van der Waals surface area contributed by atoms with Gasteiger partial charge < -0.3 is 20.9 Å². The smallest absolute Gasteiger partial charge is 0.252 e. The maximum atomic E-state index is 13.6. The van der Waals surface area contributed by atoms with Crippen LogP contribution in [-0.4, -0.2) is 59.2 Å². The fourth-order valence-electron chi connectivity index (χ4n) is 5.13. The van der Waals surface area contributed by atoms with Gasteiger partial charge in [-0.3, -0.25) is 24.2 Å². The molecule has 10 nitrogen and oxygen atoms in total. The Bertz CT molecular complexity index is 1090. The van der Waals surface area contributed by atoms with Gasteiger partial charge in [0.15, 0.2) is 0 Å². The van der Waals surface area contributed by atoms with Gasteiger partial charge in [-0.05, 0) is 28.7 Å². The number of hydrogen-bond donors (Lipinski definition) is 3. The van der Waals surface area contributed by atoms with Gasteiger partial charge in [0, 0.05) is 38.5 Å². The van der Waals surface area contributed by atoms with Crippen LogP contribution in [0.15, 0.2) is 18.5 Å². The fourth-order valence-corrected chi connectivity index (χ4v) is 5.13. The number of pyridine rings is 1. The maximum Gasteiger partial charge on any atom is 0.252 e. The molecule has 0 radical (unpaired) electrons. The van der Waals surface area contributed by atoms with Crippen LogP contribution in [0, 0.1) is 34.0 Å². The summed E-state index contributed by atoms with van der Waals surface area (Å²) < 4.78 is 0. The number of rotatable bonds is 6. The van der Waals surface area contributed by atoms with E-state index < -0.39 is 29.4 Å². The lowest BCUT2D eigenvalue weighted by molar-refractivity contribution is -0.145. The third-order valence-corrected chi connectivity index (χ3v) is 7.22. The Morgan fingerprint density at radius 2 is 1.86 bits per heavy atom. The Morgan fingerprint density at radius 3 is 2.40 bits per heavy atom. The molecule has 1 aliphatic carbocycles. The zero-order chi connectivity index (χ0) is 26.3. The Kier molecular flexibility index (Phi) is 6.93. The molecular formula is C25H34N6O4. The van der Waals surface area contributed by atoms with Crippen molar-refractivity contribution in [2.75, 3.05) is 13.6 Å². The minimum atomic E-state index is -1.05. The number of piperidine rings is 1. The average molecular weight is 483 g/mol. The van der Waals surface area contributed by atoms with Crippen molar-refractivity contribution in [3.8, 4) is 6.07 Å². The number of fused-ring (bicyclic) bond motifs is 1. The number of carbonyl (C=O) groups excluding carboxylic acids is 4. The van der Waals surface area contributed by atoms with Gasteiger partial charge in [-0.15, -0.1) is 0 Å². The van der Waals surface area contributed by atoms with Gasteiger partial charge in [-0.1, -0.05) is 34.6 Å². The van der Waals surface area contributed by atoms with Crippen molar-refractivity contribution in [3.05, 3.63) is 29.6 Å². The van der Waals surface area contributed by atoms with E-state index in [1.807, 2.05) is 20.8 Å². The molecular weight excluding hydrogens is 448 g/mol. The maximum absolute atomic E-state index is 13.6. The first kappa shape index (κ1) is 26.1. The first-order valence-electron chi connectivity index (χ1n) is 11.7. The van der Waals surface area contributed by atoms with E-state index >= 15 is 0 Å². The molecule has 0 spiro atoms. The summed E-state index contributed by atoms with van der Waals surface area (Å²) in [5, 5.41) is 17.8. The molecule has 5 atom stereocenters. The van der Waals surface area contributed by atoms with E-state index in [1.165, 1.54) is 32.4 Å². The number of nitrogens with zero attached hydrogens (tertiary/aromatic N) is 3. The van der Waals surface area contributed by atoms with Crippen LogP contribution in [0.25, 0.3) is 0 Å². The molecule has 2 fully saturated rings. The molecule has 1 saturated heterocycles. The largest absolute Gasteiger partial charge is 0.355 e. The SMILES string of the molecule is CNC(=O)c1cncc(C(C#N)NC(=O)[C@@H]2[C@@H]3[C@H](CN2C(=O)[C@@H](NC(C)=O)C(C)(C)C)C3(C)C)c1. The highest BCUT2D eigenvalue weighted by Gasteiger charge is 2.69. The second kappa shape index (κ2) is 9.29. The fraction of sp³-hybridized carbons (Fsp3) is 0.600. The van der Waals surface area contributed by atoms with Gasteiger partial charge in [0.05, 0.1) is 11.6 Å². The summed E-state index contributed by atoms with van der Waals surface area (Å²) in [5.41, 5.74) is -0.0424. The number of likely N-dealkylation sites (tertiary alicyclic amines) is 1. The van der Waals surface area contributed by atoms with Crippen molar-refractivity contribution in [3.63, 3.8) is 0 Å². The Labute approximate surface area is 205 Å². The lowest BCUT2D eigenvalue weighted by Crippen LogP contribution is -2.59. The molecule has 2 aliphatic rings. The Balaban J connectivity index is 1.88. The predicted octanol–water partition coefficient (Wildman–Crippen LogP) is 1.16. The highest BCUT2D eigenvalue weighted by Crippen LogP contribution is 2.65. The molecule has 3 N–H and O–H groups in total. The lowest BCUT2D eigenvalue weighted by Gasteiger charge is -2.37. The quantitative estimate of drug-likeness (QED) is 0.555. The molecule has 1 unspecified atom stereocenters. The molecule has 188 valence electrons. The molecule has 1 aliphatic heterocycles. The minimum absolute atomic E-state index is 0.0564. The normalized spacial score (nSPS) is 23.8. The van der Waals surface area contributed by atoms with Gasteiger partial charge in [-0.2, -0.15) is 5.26 Å². The summed E-state index contributed by atoms with van der Waals surface area (Å²) in [6.45, 7) is 11.5. The van der Waals surface area contributed by atoms with E-state index in [1.54, 1.807) is 4.90 Å². The van der Waals surface area contributed by atoms with Crippen LogP contribution in [0.1, 0.15) is 63.5 Å². The van der Waals surface area contributed by atoms with Gasteiger partial charge in [0.2, 0.25) is 17.7 Å². The first-order valence-corrected chi connectivity index (χ1v) is 11.7. The molecule has 1 aromatic rings. The Hall–Kier alpha value is -3.48. The van der Waals surface area contributed by atoms with Crippen LogP contribution in [0.5, 0.6) is 0 Å². The van der Waals surface area contributed by atoms with Crippen molar-refractivity contribution in [2.45, 2.75) is 59.7 Å². The number of aromatic nitrogens is 1. The standard InChI is InChI=1S/C25H34N6O4/c1-13(32)29-20(24(2,3)4)23(35)31-12-16-18(25(16,5)6)19(31)22(34)30-17(9-26)14-8-15(11-28-10-14)21(33)27-7/h8,10-11,16-20H,12H2,1-7H3,(H,27,33)(H,29,32)(H,30,34)/t16-,17?,18-,19-,20+/m0/s1. The van der Waals surface area contributed by atoms with Gasteiger partial charge in [0.1, 0.15) is 18.1 Å². The number of amides is 4. The monoisotopic (exact) mass is 482 g/mol. The van der Waals surface area contributed by atoms with E-state index in [4.69, 9.17) is 0 Å². The van der Waals surface area contributed by atoms with Gasteiger partial charge in [0.25, 0.3) is 5.91 Å². The molecule has 3 rings (SSSR count). The molecule has 35 heavy (non-hydrogen) atoms. The zero-order valence-corrected chi connectivity index (χ0v) is 21.3. The topological polar surface area (TPSA) is 144 Å². The van der Waals surface area contributed by atoms with E-state index in [9.17, 15) is 24.4 Å². The highest BCUT2D eigenvalue weighted by molar-refractivity contribution is 5.95. The van der Waals surface area contributed by atoms with Crippen molar-refractivity contribution in [1.82, 2.24) is 25.8 Å². The van der Waals surface area contributed by atoms with E-state index in [0.29, 0.717) is 12.1 Å². The van der Waals surface area contributed by atoms with Crippen LogP contribution in [0.3, 0.4) is 0 Å². The molecule has 1 aromatic heterocycles. The Morgan fingerprint density at radius 1 is 1.20 bits per heavy atom. The number of nitrogens with one attached hydrogen (secondary N) is 3. The van der Waals surface area contributed by atoms with Crippen molar-refractivity contribution in [1.29, 1.82) is 5.26 Å². The van der Waals surface area contributed by atoms with Crippen LogP contribution < -0.4 is 16.0 Å². The van der Waals surface area contributed by atoms with Crippen LogP contribution in [0.2, 0.25) is 0 Å². The van der Waals surface area contributed by atoms with Crippen molar-refractivity contribution in [2.24, 2.45) is 22.7 Å². The summed E-state index contributed by atoms with van der Waals surface area (Å²) >= 11 is 0. The third kappa shape index (κ3) is 4.99. The van der Waals surface area contributed by atoms with Crippen LogP contribution in [-0.2, 0) is 14.4 Å². The molecule has 0 bridgehead atoms. The number of nitriles is 1. The minimum Gasteiger partial charge on any atom is -0.355 e. The van der Waals surface area contributed by atoms with Gasteiger partial charge in [-0.25, -0.2) is 0 Å². The molecule has 4 amide bonds. The van der Waals surface area contributed by atoms with E-state index in [2.05, 4.69) is 40.9 Å². The zero-order valence-electron chi connectivity index (χ0n) is 21.3. The predicted molar refractivity (Wildman–Crippen MR) is 127 cm³/mol. The summed E-state index contributed by atoms with van der Waals surface area (Å²) in [7, 11) is 1.49. The van der Waals surface area contributed by atoms with E-state index in [-0.39, 0.29) is 40.5 Å². The highest BCUT2D eigenvalue weighted by atomic mass is 16.2. The summed E-state index contributed by atoms with van der Waals surface area (Å²) in [6, 6.07) is 0.951. The van der Waals surface area contributed by atoms with Crippen LogP contribution in [0.4, 0.5) is 0 Å². The first-order chi connectivity index (χ1) is 16.2. The molecule has 1 saturated carbocycles. The summed E-state index contributed by atoms with van der Waals surface area (Å²) in [6.07, 6.45) is 2.80. The van der Waals surface area contributed by atoms with E-state index in [0.717, 1.165) is 0 Å². The van der Waals surface area contributed by atoms with Crippen LogP contribution >= 0.6 is 0 Å². The molecule has 10 heteroatoms. The average Bonchev–Trinajstić information content (AvgIpc) is 3.12. The van der Waals surface area contributed by atoms with Crippen molar-refractivity contribution < 1.29 is 19.2 Å². The summed E-state index contributed by atoms with van der Waals surface area (Å²) in [5.74, 6) is -1.34. The third-order valence-electron chi connectivity index (χ3n) is 7.22. The molecule has 2 heterocycles. The molecule has 0 aromatic carbocycles. The summed E-state index contributed by atoms with van der Waals surface area (Å²) in [4.78, 5) is 56.5. The number of carbonyl (C=O) groups is 4. The lowest BCUT2D eigenvalue weighted by atomic mass is 9.85. The second-order valence-electron chi connectivity index (χ2n) is 11.0. The van der Waals surface area contributed by atoms with Crippen molar-refractivity contribution >= 4 is 23.6 Å². The second-order valence-corrected chi connectivity index (χ2v) is 11.0.